The third-order valence-electron chi connectivity index (χ3n) is 4.22. The fraction of sp³-hybridized carbons (Fsp3) is 0.150. The monoisotopic (exact) mass is 416 g/mol. The van der Waals surface area contributed by atoms with Gasteiger partial charge in [0, 0.05) is 35.5 Å². The second kappa shape index (κ2) is 7.69. The van der Waals surface area contributed by atoms with Gasteiger partial charge in [0.1, 0.15) is 0 Å². The third-order valence-corrected chi connectivity index (χ3v) is 5.67. The highest BCUT2D eigenvalue weighted by atomic mass is 35.5. The number of aliphatic carboxylic acids is 1. The summed E-state index contributed by atoms with van der Waals surface area (Å²) < 4.78 is 23.5. The zero-order valence-electron chi connectivity index (χ0n) is 15.2. The zero-order chi connectivity index (χ0) is 20.5. The quantitative estimate of drug-likeness (QED) is 0.679. The van der Waals surface area contributed by atoms with Gasteiger partial charge >= 0.3 is 5.97 Å². The van der Waals surface area contributed by atoms with Gasteiger partial charge in [0.15, 0.2) is 9.84 Å². The van der Waals surface area contributed by atoms with E-state index in [-0.39, 0.29) is 16.3 Å². The molecule has 3 aromatic rings. The lowest BCUT2D eigenvalue weighted by molar-refractivity contribution is -0.136. The fourth-order valence-electron chi connectivity index (χ4n) is 2.86. The van der Waals surface area contributed by atoms with Crippen molar-refractivity contribution in [2.75, 3.05) is 6.26 Å². The molecule has 0 bridgehead atoms. The maximum Gasteiger partial charge on any atom is 0.307 e. The molecule has 0 saturated carbocycles. The van der Waals surface area contributed by atoms with E-state index in [0.29, 0.717) is 27.9 Å². The predicted molar refractivity (Wildman–Crippen MR) is 107 cm³/mol. The zero-order valence-corrected chi connectivity index (χ0v) is 16.8. The molecule has 1 aromatic carbocycles. The van der Waals surface area contributed by atoms with Crippen LogP contribution in [0.4, 0.5) is 0 Å². The van der Waals surface area contributed by atoms with Crippen molar-refractivity contribution in [3.8, 4) is 22.4 Å². The van der Waals surface area contributed by atoms with Crippen molar-refractivity contribution in [2.45, 2.75) is 18.2 Å². The molecule has 3 rings (SSSR count). The molecule has 0 aliphatic carbocycles. The van der Waals surface area contributed by atoms with Crippen LogP contribution in [0, 0.1) is 6.92 Å². The number of hydrogen-bond donors (Lipinski definition) is 1. The van der Waals surface area contributed by atoms with Crippen molar-refractivity contribution in [3.63, 3.8) is 0 Å². The van der Waals surface area contributed by atoms with Crippen molar-refractivity contribution < 1.29 is 18.3 Å². The Morgan fingerprint density at radius 3 is 2.21 bits per heavy atom. The van der Waals surface area contributed by atoms with Crippen LogP contribution in [0.3, 0.4) is 0 Å². The number of aromatic nitrogens is 2. The van der Waals surface area contributed by atoms with Gasteiger partial charge in [-0.1, -0.05) is 23.7 Å². The average molecular weight is 417 g/mol. The molecule has 0 fully saturated rings. The minimum atomic E-state index is -3.35. The molecule has 0 aliphatic heterocycles. The van der Waals surface area contributed by atoms with Crippen LogP contribution in [0.1, 0.15) is 11.3 Å². The van der Waals surface area contributed by atoms with Crippen LogP contribution in [-0.4, -0.2) is 35.7 Å². The maximum absolute atomic E-state index is 11.7. The standard InChI is InChI=1S/C20H17ClN2O4S/c1-12-3-4-14(10-22-12)20-19(16(9-18(24)25)17(21)11-23-20)13-5-7-15(8-6-13)28(2,26)27/h3-8,10-11H,9H2,1-2H3,(H,24,25). The van der Waals surface area contributed by atoms with Crippen LogP contribution < -0.4 is 0 Å². The number of pyridine rings is 2. The lowest BCUT2D eigenvalue weighted by Gasteiger charge is -2.15. The van der Waals surface area contributed by atoms with Gasteiger partial charge in [-0.3, -0.25) is 14.8 Å². The van der Waals surface area contributed by atoms with E-state index in [1.807, 2.05) is 19.1 Å². The van der Waals surface area contributed by atoms with Gasteiger partial charge in [-0.15, -0.1) is 0 Å². The van der Waals surface area contributed by atoms with Crippen LogP contribution in [0.25, 0.3) is 22.4 Å². The van der Waals surface area contributed by atoms with E-state index in [4.69, 9.17) is 11.6 Å². The first-order chi connectivity index (χ1) is 13.2. The summed E-state index contributed by atoms with van der Waals surface area (Å²) in [6.45, 7) is 1.86. The van der Waals surface area contributed by atoms with Crippen molar-refractivity contribution in [1.29, 1.82) is 0 Å². The van der Waals surface area contributed by atoms with E-state index >= 15 is 0 Å². The number of carbonyl (C=O) groups is 1. The van der Waals surface area contributed by atoms with E-state index in [1.165, 1.54) is 18.3 Å². The van der Waals surface area contributed by atoms with Crippen molar-refractivity contribution >= 4 is 27.4 Å². The van der Waals surface area contributed by atoms with E-state index < -0.39 is 15.8 Å². The normalized spacial score (nSPS) is 11.4. The summed E-state index contributed by atoms with van der Waals surface area (Å²) in [6, 6.07) is 9.89. The molecule has 0 atom stereocenters. The fourth-order valence-corrected chi connectivity index (χ4v) is 3.70. The van der Waals surface area contributed by atoms with Crippen molar-refractivity contribution in [3.05, 3.63) is 65.1 Å². The first-order valence-electron chi connectivity index (χ1n) is 8.29. The maximum atomic E-state index is 11.7. The third kappa shape index (κ3) is 4.21. The van der Waals surface area contributed by atoms with Crippen LogP contribution in [0.5, 0.6) is 0 Å². The number of benzene rings is 1. The van der Waals surface area contributed by atoms with Crippen molar-refractivity contribution in [2.24, 2.45) is 0 Å². The summed E-state index contributed by atoms with van der Waals surface area (Å²) >= 11 is 6.27. The second-order valence-corrected chi connectivity index (χ2v) is 8.79. The molecule has 0 unspecified atom stereocenters. The number of nitrogens with zero attached hydrogens (tertiary/aromatic N) is 2. The molecule has 2 aromatic heterocycles. The molecule has 0 aliphatic rings. The molecule has 28 heavy (non-hydrogen) atoms. The Morgan fingerprint density at radius 1 is 1.04 bits per heavy atom. The summed E-state index contributed by atoms with van der Waals surface area (Å²) in [6.07, 6.45) is 3.91. The lowest BCUT2D eigenvalue weighted by atomic mass is 9.93. The molecule has 0 spiro atoms. The van der Waals surface area contributed by atoms with E-state index in [9.17, 15) is 18.3 Å². The average Bonchev–Trinajstić information content (AvgIpc) is 2.63. The number of hydrogen-bond acceptors (Lipinski definition) is 5. The van der Waals surface area contributed by atoms with Crippen LogP contribution in [-0.2, 0) is 21.1 Å². The molecule has 8 heteroatoms. The highest BCUT2D eigenvalue weighted by Crippen LogP contribution is 2.37. The van der Waals surface area contributed by atoms with E-state index in [2.05, 4.69) is 9.97 Å². The summed E-state index contributed by atoms with van der Waals surface area (Å²) in [5, 5.41) is 9.57. The van der Waals surface area contributed by atoms with Gasteiger partial charge in [-0.2, -0.15) is 0 Å². The van der Waals surface area contributed by atoms with Gasteiger partial charge in [0.25, 0.3) is 0 Å². The highest BCUT2D eigenvalue weighted by Gasteiger charge is 2.20. The summed E-state index contributed by atoms with van der Waals surface area (Å²) in [5.41, 5.74) is 3.64. The SMILES string of the molecule is Cc1ccc(-c2ncc(Cl)c(CC(=O)O)c2-c2ccc(S(C)(=O)=O)cc2)cn1. The summed E-state index contributed by atoms with van der Waals surface area (Å²) in [5.74, 6) is -1.03. The van der Waals surface area contributed by atoms with Gasteiger partial charge in [0.2, 0.25) is 0 Å². The Bertz CT molecular complexity index is 1140. The van der Waals surface area contributed by atoms with Gasteiger partial charge in [0.05, 0.1) is 22.0 Å². The number of sulfone groups is 1. The molecular formula is C20H17ClN2O4S. The molecule has 1 N–H and O–H groups in total. The van der Waals surface area contributed by atoms with Crippen LogP contribution in [0.15, 0.2) is 53.7 Å². The molecule has 0 saturated heterocycles. The molecule has 0 amide bonds. The first-order valence-corrected chi connectivity index (χ1v) is 10.6. The molecule has 0 radical (unpaired) electrons. The van der Waals surface area contributed by atoms with Crippen molar-refractivity contribution in [1.82, 2.24) is 9.97 Å². The molecule has 6 nitrogen and oxygen atoms in total. The summed E-state index contributed by atoms with van der Waals surface area (Å²) in [7, 11) is -3.35. The lowest BCUT2D eigenvalue weighted by Crippen LogP contribution is -2.05. The summed E-state index contributed by atoms with van der Waals surface area (Å²) in [4.78, 5) is 20.3. The molecule has 144 valence electrons. The first kappa shape index (κ1) is 20.0. The Morgan fingerprint density at radius 2 is 1.68 bits per heavy atom. The second-order valence-electron chi connectivity index (χ2n) is 6.36. The number of aryl methyl sites for hydroxylation is 1. The minimum absolute atomic E-state index is 0.171. The topological polar surface area (TPSA) is 97.2 Å². The Kier molecular flexibility index (Phi) is 5.49. The van der Waals surface area contributed by atoms with Crippen LogP contribution >= 0.6 is 11.6 Å². The molecular weight excluding hydrogens is 400 g/mol. The largest absolute Gasteiger partial charge is 0.481 e. The van der Waals surface area contributed by atoms with Gasteiger partial charge in [-0.25, -0.2) is 8.42 Å². The Hall–Kier alpha value is -2.77. The smallest absolute Gasteiger partial charge is 0.307 e. The Labute approximate surface area is 167 Å². The van der Waals surface area contributed by atoms with E-state index in [1.54, 1.807) is 18.3 Å². The number of carboxylic acids is 1. The number of rotatable bonds is 5. The van der Waals surface area contributed by atoms with Gasteiger partial charge < -0.3 is 5.11 Å². The van der Waals surface area contributed by atoms with Gasteiger partial charge in [-0.05, 0) is 42.3 Å². The number of halogens is 1. The highest BCUT2D eigenvalue weighted by molar-refractivity contribution is 7.90. The van der Waals surface area contributed by atoms with Crippen LogP contribution in [0.2, 0.25) is 5.02 Å². The minimum Gasteiger partial charge on any atom is -0.481 e. The predicted octanol–water partition coefficient (Wildman–Crippen LogP) is 3.80. The van der Waals surface area contributed by atoms with E-state index in [0.717, 1.165) is 11.9 Å². The molecule has 2 heterocycles. The Balaban J connectivity index is 2.27. The number of carboxylic acid groups (broad SMARTS) is 1.